The third-order valence-electron chi connectivity index (χ3n) is 7.68. The summed E-state index contributed by atoms with van der Waals surface area (Å²) in [5.41, 5.74) is 4.97. The highest BCUT2D eigenvalue weighted by atomic mass is 32.2. The van der Waals surface area contributed by atoms with E-state index in [2.05, 4.69) is 29.6 Å². The van der Waals surface area contributed by atoms with Crippen molar-refractivity contribution < 1.29 is 54.1 Å². The van der Waals surface area contributed by atoms with Gasteiger partial charge in [-0.25, -0.2) is 37.5 Å². The van der Waals surface area contributed by atoms with E-state index in [1.54, 1.807) is 0 Å². The number of hydrogen-bond donors (Lipinski definition) is 4. The van der Waals surface area contributed by atoms with Crippen LogP contribution < -0.4 is 16.0 Å². The van der Waals surface area contributed by atoms with Gasteiger partial charge in [-0.15, -0.1) is 0 Å². The van der Waals surface area contributed by atoms with Gasteiger partial charge in [-0.1, -0.05) is 0 Å². The molecule has 46 heavy (non-hydrogen) atoms. The molecule has 0 saturated carbocycles. The number of aromatic nitrogens is 7. The number of phosphoric ester groups is 1. The first kappa shape index (κ1) is 31.1. The molecule has 2 bridgehead atoms. The molecular formula is C22H24F2N9O11PS. The van der Waals surface area contributed by atoms with Crippen LogP contribution in [0.2, 0.25) is 0 Å². The molecule has 9 unspecified atom stereocenters. The number of H-pyrrole nitrogens is 1. The number of methoxy groups -OCH3 is 1. The van der Waals surface area contributed by atoms with E-state index in [4.69, 9.17) is 33.2 Å². The van der Waals surface area contributed by atoms with Gasteiger partial charge in [-0.05, 0) is 0 Å². The number of hydrogen-bond acceptors (Lipinski definition) is 15. The van der Waals surface area contributed by atoms with Crippen LogP contribution in [0.5, 0.6) is 0 Å². The predicted molar refractivity (Wildman–Crippen MR) is 146 cm³/mol. The quantitative estimate of drug-likeness (QED) is 0.191. The van der Waals surface area contributed by atoms with Crippen LogP contribution in [0.4, 0.5) is 14.6 Å². The van der Waals surface area contributed by atoms with Crippen molar-refractivity contribution in [2.24, 2.45) is 0 Å². The van der Waals surface area contributed by atoms with Crippen LogP contribution in [-0.4, -0.2) is 104 Å². The molecule has 0 aliphatic carbocycles. The van der Waals surface area contributed by atoms with Crippen molar-refractivity contribution in [3.05, 3.63) is 41.3 Å². The van der Waals surface area contributed by atoms with Gasteiger partial charge in [-0.2, -0.15) is 13.1 Å². The Morgan fingerprint density at radius 2 is 1.91 bits per heavy atom. The van der Waals surface area contributed by atoms with Crippen LogP contribution in [0.15, 0.2) is 30.0 Å². The Kier molecular flexibility index (Phi) is 7.66. The molecule has 3 fully saturated rings. The lowest BCUT2D eigenvalue weighted by molar-refractivity contribution is -0.0571. The largest absolute Gasteiger partial charge is 0.472 e. The number of imidazole rings is 1. The maximum Gasteiger partial charge on any atom is 0.472 e. The van der Waals surface area contributed by atoms with E-state index < -0.39 is 97.2 Å². The minimum atomic E-state index is -5.12. The number of anilines is 1. The number of halogens is 2. The fraction of sp³-hybridized carbons (Fsp3) is 0.500. The summed E-state index contributed by atoms with van der Waals surface area (Å²) in [5, 5.41) is -0.443. The molecule has 0 radical (unpaired) electrons. The monoisotopic (exact) mass is 691 g/mol. The molecule has 3 aliphatic rings. The van der Waals surface area contributed by atoms with Crippen molar-refractivity contribution in [3.8, 4) is 0 Å². The van der Waals surface area contributed by atoms with E-state index in [9.17, 15) is 27.1 Å². The second kappa shape index (κ2) is 11.3. The fourth-order valence-corrected chi connectivity index (χ4v) is 7.57. The number of alkyl halides is 1. The molecule has 4 aromatic heterocycles. The standard InChI is InChI=1S/C22H24F2N9O11PS/c1-39-15-10-4-40-45(35,36)43-14-9(41-21(12(14)24)33-7-30-13-17(25)26-5-28-19(13)33)2-31-46(37,38)44-16(15)22(42-10)32-3-8(23)11-18(32)27-6-29-20(11)34/h3,5-7,9-10,12,14-16,21-22,31H,2,4H2,1H3,(H,35,36)(H2,25,26,28)(H,27,29,34). The van der Waals surface area contributed by atoms with E-state index in [1.165, 1.54) is 7.11 Å². The van der Waals surface area contributed by atoms with Crippen molar-refractivity contribution in [2.45, 2.75) is 49.1 Å². The number of aromatic amines is 1. The van der Waals surface area contributed by atoms with Gasteiger partial charge in [0.25, 0.3) is 5.56 Å². The SMILES string of the molecule is COC1C2COP(=O)(O)OC3C(CNS(=O)(=O)OC1C(n1cc(F)c4c(=O)[nH]cnc41)O2)OC(n1cnc2c(N)ncnc21)C3F. The second-order valence-electron chi connectivity index (χ2n) is 10.4. The number of ether oxygens (including phenoxy) is 3. The average Bonchev–Trinajstić information content (AvgIpc) is 3.74. The zero-order valence-electron chi connectivity index (χ0n) is 23.2. The normalized spacial score (nSPS) is 35.0. The van der Waals surface area contributed by atoms with Crippen LogP contribution in [0, 0.1) is 5.82 Å². The van der Waals surface area contributed by atoms with Gasteiger partial charge in [0.2, 0.25) is 0 Å². The van der Waals surface area contributed by atoms with Gasteiger partial charge in [0.05, 0.1) is 19.3 Å². The molecular weight excluding hydrogens is 667 g/mol. The molecule has 9 atom stereocenters. The van der Waals surface area contributed by atoms with E-state index >= 15 is 4.39 Å². The molecule has 24 heteroatoms. The van der Waals surface area contributed by atoms with E-state index in [-0.39, 0.29) is 22.6 Å². The van der Waals surface area contributed by atoms with E-state index in [0.717, 1.165) is 34.3 Å². The highest BCUT2D eigenvalue weighted by Gasteiger charge is 2.54. The summed E-state index contributed by atoms with van der Waals surface area (Å²) in [5.74, 6) is -1.000. The first-order valence-corrected chi connectivity index (χ1v) is 16.3. The minimum Gasteiger partial charge on any atom is -0.382 e. The van der Waals surface area contributed by atoms with Gasteiger partial charge < -0.3 is 34.4 Å². The van der Waals surface area contributed by atoms with E-state index in [1.807, 2.05) is 0 Å². The van der Waals surface area contributed by atoms with Gasteiger partial charge in [0.1, 0.15) is 41.6 Å². The summed E-state index contributed by atoms with van der Waals surface area (Å²) in [6.07, 6.45) is -8.79. The number of nitrogens with two attached hydrogens (primary N) is 1. The van der Waals surface area contributed by atoms with Gasteiger partial charge in [0, 0.05) is 19.9 Å². The van der Waals surface area contributed by atoms with Crippen LogP contribution in [0.25, 0.3) is 22.2 Å². The topological polar surface area (TPSA) is 259 Å². The molecule has 7 heterocycles. The molecule has 3 saturated heterocycles. The molecule has 3 aliphatic heterocycles. The molecule has 7 rings (SSSR count). The molecule has 20 nitrogen and oxygen atoms in total. The number of nitrogen functional groups attached to an aromatic ring is 1. The summed E-state index contributed by atoms with van der Waals surface area (Å²) >= 11 is 0. The van der Waals surface area contributed by atoms with Crippen molar-refractivity contribution in [3.63, 3.8) is 0 Å². The lowest BCUT2D eigenvalue weighted by Crippen LogP contribution is -2.44. The maximum atomic E-state index is 15.9. The highest BCUT2D eigenvalue weighted by Crippen LogP contribution is 2.50. The highest BCUT2D eigenvalue weighted by molar-refractivity contribution is 7.84. The Morgan fingerprint density at radius 3 is 2.70 bits per heavy atom. The Hall–Kier alpha value is -3.51. The number of phosphoric acid groups is 1. The number of fused-ring (bicyclic) bond motifs is 5. The first-order chi connectivity index (χ1) is 21.9. The maximum absolute atomic E-state index is 15.9. The predicted octanol–water partition coefficient (Wildman–Crippen LogP) is -0.831. The average molecular weight is 692 g/mol. The third-order valence-corrected chi connectivity index (χ3v) is 9.67. The molecule has 0 aromatic carbocycles. The van der Waals surface area contributed by atoms with Gasteiger partial charge in [0.15, 0.2) is 47.7 Å². The first-order valence-electron chi connectivity index (χ1n) is 13.4. The van der Waals surface area contributed by atoms with E-state index in [0.29, 0.717) is 0 Å². The molecule has 5 N–H and O–H groups in total. The van der Waals surface area contributed by atoms with Crippen LogP contribution in [-0.2, 0) is 42.3 Å². The minimum absolute atomic E-state index is 0.00289. The van der Waals surface area contributed by atoms with Crippen molar-refractivity contribution >= 4 is 46.1 Å². The summed E-state index contributed by atoms with van der Waals surface area (Å²) in [7, 11) is -8.73. The van der Waals surface area contributed by atoms with Crippen molar-refractivity contribution in [1.82, 2.24) is 38.8 Å². The molecule has 0 amide bonds. The second-order valence-corrected chi connectivity index (χ2v) is 13.2. The summed E-state index contributed by atoms with van der Waals surface area (Å²) in [6, 6.07) is 0. The van der Waals surface area contributed by atoms with Crippen LogP contribution >= 0.6 is 7.82 Å². The Labute approximate surface area is 255 Å². The Balaban J connectivity index is 1.23. The Bertz CT molecular complexity index is 2030. The number of rotatable bonds is 3. The molecule has 4 aromatic rings. The fourth-order valence-electron chi connectivity index (χ4n) is 5.68. The van der Waals surface area contributed by atoms with Crippen molar-refractivity contribution in [1.29, 1.82) is 0 Å². The third kappa shape index (κ3) is 5.27. The summed E-state index contributed by atoms with van der Waals surface area (Å²) in [6.45, 7) is -1.50. The summed E-state index contributed by atoms with van der Waals surface area (Å²) in [4.78, 5) is 41.0. The lowest BCUT2D eigenvalue weighted by atomic mass is 10.1. The molecule has 248 valence electrons. The number of nitrogens with one attached hydrogen (secondary N) is 2. The van der Waals surface area contributed by atoms with Crippen molar-refractivity contribution in [2.75, 3.05) is 26.0 Å². The smallest absolute Gasteiger partial charge is 0.382 e. The molecule has 0 spiro atoms. The van der Waals surface area contributed by atoms with Crippen LogP contribution in [0.1, 0.15) is 12.5 Å². The zero-order valence-corrected chi connectivity index (χ0v) is 25.0. The van der Waals surface area contributed by atoms with Gasteiger partial charge >= 0.3 is 18.1 Å². The number of nitrogens with zero attached hydrogens (tertiary/aromatic N) is 6. The Morgan fingerprint density at radius 1 is 1.13 bits per heavy atom. The lowest BCUT2D eigenvalue weighted by Gasteiger charge is -2.24. The zero-order chi connectivity index (χ0) is 32.5. The van der Waals surface area contributed by atoms with Gasteiger partial charge in [-0.3, -0.25) is 18.4 Å². The van der Waals surface area contributed by atoms with Crippen LogP contribution in [0.3, 0.4) is 0 Å². The summed E-state index contributed by atoms with van der Waals surface area (Å²) < 4.78 is 108.